The van der Waals surface area contributed by atoms with Crippen molar-refractivity contribution < 1.29 is 14.5 Å². The molecule has 0 aliphatic carbocycles. The number of amides is 1. The fourth-order valence-corrected chi connectivity index (χ4v) is 3.43. The van der Waals surface area contributed by atoms with Crippen LogP contribution in [-0.2, 0) is 4.79 Å². The largest absolute Gasteiger partial charge is 0.495 e. The second kappa shape index (κ2) is 9.12. The number of H-pyrrole nitrogens is 1. The van der Waals surface area contributed by atoms with Gasteiger partial charge in [0.25, 0.3) is 5.69 Å². The van der Waals surface area contributed by atoms with Crippen LogP contribution >= 0.6 is 35.0 Å². The number of nitrogens with one attached hydrogen (secondary N) is 2. The molecule has 0 spiro atoms. The number of aromatic nitrogens is 3. The SMILES string of the molecule is COc1ccc([N+](=O)[O-])cc1NC(=O)CSc1n[nH]c(-c2ccc(Cl)cc2Cl)n1. The number of rotatable bonds is 7. The van der Waals surface area contributed by atoms with Crippen molar-refractivity contribution in [3.05, 3.63) is 56.6 Å². The van der Waals surface area contributed by atoms with Crippen LogP contribution in [0.25, 0.3) is 11.4 Å². The molecule has 0 atom stereocenters. The molecule has 0 bridgehead atoms. The number of aromatic amines is 1. The third-order valence-corrected chi connectivity index (χ3v) is 5.05. The minimum absolute atomic E-state index is 0.0164. The Hall–Kier alpha value is -2.82. The van der Waals surface area contributed by atoms with Gasteiger partial charge >= 0.3 is 0 Å². The van der Waals surface area contributed by atoms with E-state index in [-0.39, 0.29) is 17.1 Å². The summed E-state index contributed by atoms with van der Waals surface area (Å²) < 4.78 is 5.12. The normalized spacial score (nSPS) is 10.6. The highest BCUT2D eigenvalue weighted by molar-refractivity contribution is 7.99. The second-order valence-corrected chi connectivity index (χ2v) is 7.36. The van der Waals surface area contributed by atoms with Gasteiger partial charge in [-0.25, -0.2) is 4.98 Å². The van der Waals surface area contributed by atoms with Crippen molar-refractivity contribution in [1.29, 1.82) is 0 Å². The molecule has 3 rings (SSSR count). The van der Waals surface area contributed by atoms with E-state index in [0.29, 0.717) is 32.3 Å². The van der Waals surface area contributed by atoms with E-state index in [4.69, 9.17) is 27.9 Å². The Labute approximate surface area is 178 Å². The van der Waals surface area contributed by atoms with E-state index in [2.05, 4.69) is 20.5 Å². The molecule has 29 heavy (non-hydrogen) atoms. The number of hydrogen-bond donors (Lipinski definition) is 2. The second-order valence-electron chi connectivity index (χ2n) is 5.57. The van der Waals surface area contributed by atoms with Gasteiger partial charge in [-0.15, -0.1) is 5.10 Å². The van der Waals surface area contributed by atoms with Crippen LogP contribution in [0.5, 0.6) is 5.75 Å². The van der Waals surface area contributed by atoms with Gasteiger partial charge in [0.1, 0.15) is 5.75 Å². The summed E-state index contributed by atoms with van der Waals surface area (Å²) >= 11 is 13.1. The monoisotopic (exact) mass is 453 g/mol. The molecule has 2 aromatic carbocycles. The molecular weight excluding hydrogens is 441 g/mol. The summed E-state index contributed by atoms with van der Waals surface area (Å²) in [5, 5.41) is 21.6. The number of benzene rings is 2. The number of hydrogen-bond acceptors (Lipinski definition) is 7. The van der Waals surface area contributed by atoms with E-state index >= 15 is 0 Å². The molecule has 1 heterocycles. The Morgan fingerprint density at radius 3 is 2.79 bits per heavy atom. The number of halogens is 2. The van der Waals surface area contributed by atoms with Crippen LogP contribution in [0.4, 0.5) is 11.4 Å². The topological polar surface area (TPSA) is 123 Å². The number of ether oxygens (including phenoxy) is 1. The summed E-state index contributed by atoms with van der Waals surface area (Å²) in [7, 11) is 1.41. The number of thioether (sulfide) groups is 1. The minimum Gasteiger partial charge on any atom is -0.495 e. The Morgan fingerprint density at radius 2 is 2.10 bits per heavy atom. The first-order chi connectivity index (χ1) is 13.9. The van der Waals surface area contributed by atoms with Crippen LogP contribution in [-0.4, -0.2) is 38.9 Å². The number of methoxy groups -OCH3 is 1. The molecule has 2 N–H and O–H groups in total. The molecule has 0 fully saturated rings. The Morgan fingerprint density at radius 1 is 1.31 bits per heavy atom. The lowest BCUT2D eigenvalue weighted by molar-refractivity contribution is -0.384. The van der Waals surface area contributed by atoms with Crippen molar-refractivity contribution in [3.8, 4) is 17.1 Å². The van der Waals surface area contributed by atoms with Gasteiger partial charge in [0.2, 0.25) is 11.1 Å². The molecule has 150 valence electrons. The van der Waals surface area contributed by atoms with Gasteiger partial charge in [-0.1, -0.05) is 35.0 Å². The van der Waals surface area contributed by atoms with Crippen LogP contribution in [0.15, 0.2) is 41.6 Å². The summed E-state index contributed by atoms with van der Waals surface area (Å²) in [4.78, 5) is 26.9. The fourth-order valence-electron chi connectivity index (χ4n) is 2.34. The van der Waals surface area contributed by atoms with Crippen molar-refractivity contribution in [2.24, 2.45) is 0 Å². The number of nitrogens with zero attached hydrogens (tertiary/aromatic N) is 3. The van der Waals surface area contributed by atoms with Gasteiger partial charge < -0.3 is 10.1 Å². The van der Waals surface area contributed by atoms with Gasteiger partial charge in [0.05, 0.1) is 28.5 Å². The maximum absolute atomic E-state index is 12.2. The number of carbonyl (C=O) groups excluding carboxylic acids is 1. The van der Waals surface area contributed by atoms with Gasteiger partial charge in [-0.3, -0.25) is 20.0 Å². The number of non-ortho nitro benzene ring substituents is 1. The van der Waals surface area contributed by atoms with Crippen molar-refractivity contribution in [1.82, 2.24) is 15.2 Å². The van der Waals surface area contributed by atoms with Crippen molar-refractivity contribution in [3.63, 3.8) is 0 Å². The first-order valence-corrected chi connectivity index (χ1v) is 9.74. The molecule has 0 aliphatic heterocycles. The predicted molar refractivity (Wildman–Crippen MR) is 111 cm³/mol. The Bertz CT molecular complexity index is 1080. The van der Waals surface area contributed by atoms with Crippen LogP contribution < -0.4 is 10.1 Å². The van der Waals surface area contributed by atoms with E-state index in [1.54, 1.807) is 18.2 Å². The summed E-state index contributed by atoms with van der Waals surface area (Å²) in [6.45, 7) is 0. The minimum atomic E-state index is -0.555. The summed E-state index contributed by atoms with van der Waals surface area (Å²) in [6, 6.07) is 8.92. The van der Waals surface area contributed by atoms with E-state index in [1.165, 1.54) is 25.3 Å². The van der Waals surface area contributed by atoms with E-state index in [0.717, 1.165) is 11.8 Å². The average Bonchev–Trinajstić information content (AvgIpc) is 3.15. The highest BCUT2D eigenvalue weighted by Crippen LogP contribution is 2.30. The summed E-state index contributed by atoms with van der Waals surface area (Å²) in [5.74, 6) is 0.337. The Kier molecular flexibility index (Phi) is 6.57. The zero-order valence-corrected chi connectivity index (χ0v) is 17.1. The number of nitro groups is 1. The standard InChI is InChI=1S/C17H13Cl2N5O4S/c1-28-14-5-3-10(24(26)27)7-13(14)20-15(25)8-29-17-21-16(22-23-17)11-4-2-9(18)6-12(11)19/h2-7H,8H2,1H3,(H,20,25)(H,21,22,23). The summed E-state index contributed by atoms with van der Waals surface area (Å²) in [5.41, 5.74) is 0.671. The molecule has 1 amide bonds. The van der Waals surface area contributed by atoms with Gasteiger partial charge in [-0.05, 0) is 24.3 Å². The van der Waals surface area contributed by atoms with Gasteiger partial charge in [-0.2, -0.15) is 0 Å². The van der Waals surface area contributed by atoms with Crippen LogP contribution in [0.3, 0.4) is 0 Å². The average molecular weight is 454 g/mol. The molecule has 12 heteroatoms. The third-order valence-electron chi connectivity index (χ3n) is 3.65. The lowest BCUT2D eigenvalue weighted by atomic mass is 10.2. The smallest absolute Gasteiger partial charge is 0.271 e. The highest BCUT2D eigenvalue weighted by Gasteiger charge is 2.15. The lowest BCUT2D eigenvalue weighted by Gasteiger charge is -2.09. The van der Waals surface area contributed by atoms with Crippen LogP contribution in [0, 0.1) is 10.1 Å². The molecule has 1 aromatic heterocycles. The van der Waals surface area contributed by atoms with Crippen molar-refractivity contribution in [2.45, 2.75) is 5.16 Å². The molecule has 0 radical (unpaired) electrons. The van der Waals surface area contributed by atoms with E-state index in [9.17, 15) is 14.9 Å². The Balaban J connectivity index is 1.65. The zero-order valence-electron chi connectivity index (χ0n) is 14.8. The number of carbonyl (C=O) groups is 1. The maximum atomic E-state index is 12.2. The molecule has 3 aromatic rings. The van der Waals surface area contributed by atoms with E-state index in [1.807, 2.05) is 0 Å². The lowest BCUT2D eigenvalue weighted by Crippen LogP contribution is -2.15. The predicted octanol–water partition coefficient (Wildman–Crippen LogP) is 4.43. The van der Waals surface area contributed by atoms with Crippen LogP contribution in [0.2, 0.25) is 10.0 Å². The van der Waals surface area contributed by atoms with Gasteiger partial charge in [0.15, 0.2) is 5.82 Å². The highest BCUT2D eigenvalue weighted by atomic mass is 35.5. The molecule has 0 aliphatic rings. The number of nitro benzene ring substituents is 1. The number of anilines is 1. The molecule has 9 nitrogen and oxygen atoms in total. The molecule has 0 unspecified atom stereocenters. The third kappa shape index (κ3) is 5.17. The van der Waals surface area contributed by atoms with Crippen molar-refractivity contribution in [2.75, 3.05) is 18.2 Å². The molecular formula is C17H13Cl2N5O4S. The van der Waals surface area contributed by atoms with Crippen molar-refractivity contribution >= 4 is 52.2 Å². The van der Waals surface area contributed by atoms with Gasteiger partial charge in [0, 0.05) is 22.7 Å². The van der Waals surface area contributed by atoms with Crippen LogP contribution in [0.1, 0.15) is 0 Å². The first-order valence-electron chi connectivity index (χ1n) is 8.00. The maximum Gasteiger partial charge on any atom is 0.271 e. The molecule has 0 saturated heterocycles. The fraction of sp³-hybridized carbons (Fsp3) is 0.118. The zero-order chi connectivity index (χ0) is 21.0. The quantitative estimate of drug-likeness (QED) is 0.308. The molecule has 0 saturated carbocycles. The van der Waals surface area contributed by atoms with E-state index < -0.39 is 10.8 Å². The first kappa shape index (κ1) is 20.9. The summed E-state index contributed by atoms with van der Waals surface area (Å²) in [6.07, 6.45) is 0.